The Hall–Kier alpha value is -4.07. The number of hydrogen-bond acceptors (Lipinski definition) is 7. The highest BCUT2D eigenvalue weighted by Gasteiger charge is 2.16. The summed E-state index contributed by atoms with van der Waals surface area (Å²) >= 11 is 0. The molecule has 1 atom stereocenters. The molecule has 2 heterocycles. The second-order valence-corrected chi connectivity index (χ2v) is 8.46. The molecule has 0 saturated carbocycles. The Morgan fingerprint density at radius 2 is 1.89 bits per heavy atom. The number of carbonyl (C=O) groups excluding carboxylic acids is 1. The quantitative estimate of drug-likeness (QED) is 0.463. The molecule has 1 unspecified atom stereocenters. The van der Waals surface area contributed by atoms with E-state index in [-0.39, 0.29) is 11.9 Å². The summed E-state index contributed by atoms with van der Waals surface area (Å²) in [5, 5.41) is 9.64. The van der Waals surface area contributed by atoms with Crippen molar-refractivity contribution >= 4 is 11.9 Å². The molecule has 0 fully saturated rings. The van der Waals surface area contributed by atoms with Crippen LogP contribution in [0.2, 0.25) is 0 Å². The lowest BCUT2D eigenvalue weighted by Crippen LogP contribution is -2.33. The minimum absolute atomic E-state index is 0.166. The lowest BCUT2D eigenvalue weighted by atomic mass is 9.97. The average molecular weight is 474 g/mol. The van der Waals surface area contributed by atoms with Gasteiger partial charge >= 0.3 is 0 Å². The highest BCUT2D eigenvalue weighted by atomic mass is 16.5. The number of rotatable bonds is 8. The Kier molecular flexibility index (Phi) is 7.50. The largest absolute Gasteiger partial charge is 0.497 e. The van der Waals surface area contributed by atoms with Crippen LogP contribution in [-0.2, 0) is 6.54 Å². The SMILES string of the molecule is COc1cc(OC)cc(C(C)NC(=O)c2cc(CNC3=NCCN3)cc(-c3cnccc3C)c2)c1. The summed E-state index contributed by atoms with van der Waals surface area (Å²) in [6.07, 6.45) is 3.60. The molecule has 3 N–H and O–H groups in total. The van der Waals surface area contributed by atoms with Gasteiger partial charge in [-0.2, -0.15) is 0 Å². The molecule has 0 aliphatic carbocycles. The second-order valence-electron chi connectivity index (χ2n) is 8.46. The summed E-state index contributed by atoms with van der Waals surface area (Å²) in [5.41, 5.74) is 5.46. The molecule has 35 heavy (non-hydrogen) atoms. The van der Waals surface area contributed by atoms with Gasteiger partial charge in [0.05, 0.1) is 26.8 Å². The number of benzene rings is 2. The number of guanidine groups is 1. The lowest BCUT2D eigenvalue weighted by Gasteiger charge is -2.18. The third-order valence-electron chi connectivity index (χ3n) is 5.96. The maximum atomic E-state index is 13.4. The van der Waals surface area contributed by atoms with Crippen LogP contribution in [-0.4, -0.2) is 44.2 Å². The van der Waals surface area contributed by atoms with Crippen molar-refractivity contribution in [3.63, 3.8) is 0 Å². The maximum absolute atomic E-state index is 13.4. The van der Waals surface area contributed by atoms with E-state index < -0.39 is 0 Å². The zero-order chi connectivity index (χ0) is 24.8. The van der Waals surface area contributed by atoms with Crippen LogP contribution < -0.4 is 25.4 Å². The van der Waals surface area contributed by atoms with Crippen molar-refractivity contribution < 1.29 is 14.3 Å². The molecule has 1 amide bonds. The van der Waals surface area contributed by atoms with Crippen molar-refractivity contribution in [1.29, 1.82) is 0 Å². The van der Waals surface area contributed by atoms with Gasteiger partial charge in [0, 0.05) is 42.7 Å². The molecule has 182 valence electrons. The first-order valence-corrected chi connectivity index (χ1v) is 11.6. The Labute approximate surface area is 205 Å². The maximum Gasteiger partial charge on any atom is 0.251 e. The van der Waals surface area contributed by atoms with Crippen LogP contribution in [0.3, 0.4) is 0 Å². The van der Waals surface area contributed by atoms with Crippen molar-refractivity contribution in [3.05, 3.63) is 77.1 Å². The number of carbonyl (C=O) groups is 1. The van der Waals surface area contributed by atoms with Crippen molar-refractivity contribution in [3.8, 4) is 22.6 Å². The Balaban J connectivity index is 1.61. The Bertz CT molecular complexity index is 1220. The number of pyridine rings is 1. The van der Waals surface area contributed by atoms with E-state index in [0.717, 1.165) is 46.9 Å². The summed E-state index contributed by atoms with van der Waals surface area (Å²) in [4.78, 5) is 22.0. The van der Waals surface area contributed by atoms with E-state index in [1.165, 1.54) is 0 Å². The van der Waals surface area contributed by atoms with E-state index in [4.69, 9.17) is 9.47 Å². The molecular weight excluding hydrogens is 442 g/mol. The van der Waals surface area contributed by atoms with Gasteiger partial charge in [0.25, 0.3) is 5.91 Å². The van der Waals surface area contributed by atoms with Crippen LogP contribution in [0.25, 0.3) is 11.1 Å². The Morgan fingerprint density at radius 1 is 1.11 bits per heavy atom. The van der Waals surface area contributed by atoms with Crippen molar-refractivity contribution in [2.75, 3.05) is 27.3 Å². The fourth-order valence-corrected chi connectivity index (χ4v) is 3.99. The number of amides is 1. The van der Waals surface area contributed by atoms with Crippen molar-refractivity contribution in [2.45, 2.75) is 26.4 Å². The van der Waals surface area contributed by atoms with Gasteiger partial charge in [0.2, 0.25) is 0 Å². The number of methoxy groups -OCH3 is 2. The molecule has 8 nitrogen and oxygen atoms in total. The number of nitrogens with one attached hydrogen (secondary N) is 3. The first-order chi connectivity index (χ1) is 17.0. The summed E-state index contributed by atoms with van der Waals surface area (Å²) < 4.78 is 10.8. The average Bonchev–Trinajstić information content (AvgIpc) is 3.41. The number of aryl methyl sites for hydroxylation is 1. The standard InChI is InChI=1S/C27H31N5O3/c1-17-5-6-28-16-25(17)21-9-19(15-31-27-29-7-8-30-27)10-22(11-21)26(33)32-18(2)20-12-23(34-3)14-24(13-20)35-4/h5-6,9-14,16,18H,7-8,15H2,1-4H3,(H,32,33)(H2,29,30,31). The zero-order valence-corrected chi connectivity index (χ0v) is 20.5. The van der Waals surface area contributed by atoms with Crippen LogP contribution in [0.5, 0.6) is 11.5 Å². The first-order valence-electron chi connectivity index (χ1n) is 11.6. The topological polar surface area (TPSA) is 96.9 Å². The number of aromatic nitrogens is 1. The van der Waals surface area contributed by atoms with E-state index in [2.05, 4.69) is 32.0 Å². The number of aliphatic imine (C=N–C) groups is 1. The van der Waals surface area contributed by atoms with Crippen molar-refractivity contribution in [1.82, 2.24) is 20.9 Å². The number of ether oxygens (including phenoxy) is 2. The second kappa shape index (κ2) is 10.9. The smallest absolute Gasteiger partial charge is 0.251 e. The molecule has 4 rings (SSSR count). The highest BCUT2D eigenvalue weighted by molar-refractivity contribution is 5.96. The van der Waals surface area contributed by atoms with Gasteiger partial charge in [-0.1, -0.05) is 0 Å². The molecule has 3 aromatic rings. The van der Waals surface area contributed by atoms with Gasteiger partial charge in [0.15, 0.2) is 5.96 Å². The molecule has 0 radical (unpaired) electrons. The minimum Gasteiger partial charge on any atom is -0.497 e. The molecular formula is C27H31N5O3. The molecule has 0 bridgehead atoms. The van der Waals surface area contributed by atoms with Crippen LogP contribution in [0.4, 0.5) is 0 Å². The van der Waals surface area contributed by atoms with Crippen LogP contribution in [0.15, 0.2) is 59.9 Å². The van der Waals surface area contributed by atoms with E-state index >= 15 is 0 Å². The monoisotopic (exact) mass is 473 g/mol. The zero-order valence-electron chi connectivity index (χ0n) is 20.5. The van der Waals surface area contributed by atoms with Crippen LogP contribution >= 0.6 is 0 Å². The van der Waals surface area contributed by atoms with Gasteiger partial charge in [0.1, 0.15) is 11.5 Å². The third kappa shape index (κ3) is 5.90. The fraction of sp³-hybridized carbons (Fsp3) is 0.296. The van der Waals surface area contributed by atoms with E-state index in [1.807, 2.05) is 50.4 Å². The van der Waals surface area contributed by atoms with Gasteiger partial charge in [-0.25, -0.2) is 0 Å². The normalized spacial score (nSPS) is 13.4. The predicted molar refractivity (Wildman–Crippen MR) is 137 cm³/mol. The molecule has 1 aliphatic rings. The van der Waals surface area contributed by atoms with E-state index in [9.17, 15) is 4.79 Å². The summed E-state index contributed by atoms with van der Waals surface area (Å²) in [5.74, 6) is 1.96. The van der Waals surface area contributed by atoms with Crippen molar-refractivity contribution in [2.24, 2.45) is 4.99 Å². The summed E-state index contributed by atoms with van der Waals surface area (Å²) in [6, 6.07) is 13.2. The van der Waals surface area contributed by atoms with Gasteiger partial charge in [-0.15, -0.1) is 0 Å². The number of nitrogens with zero attached hydrogens (tertiary/aromatic N) is 2. The van der Waals surface area contributed by atoms with Gasteiger partial charge in [-0.3, -0.25) is 14.8 Å². The van der Waals surface area contributed by atoms with Gasteiger partial charge < -0.3 is 25.4 Å². The molecule has 1 aromatic heterocycles. The van der Waals surface area contributed by atoms with E-state index in [1.54, 1.807) is 26.5 Å². The number of hydrogen-bond donors (Lipinski definition) is 3. The molecule has 0 saturated heterocycles. The third-order valence-corrected chi connectivity index (χ3v) is 5.96. The van der Waals surface area contributed by atoms with E-state index in [0.29, 0.717) is 23.6 Å². The van der Waals surface area contributed by atoms with Gasteiger partial charge in [-0.05, 0) is 72.5 Å². The predicted octanol–water partition coefficient (Wildman–Crippen LogP) is 3.61. The summed E-state index contributed by atoms with van der Waals surface area (Å²) in [7, 11) is 3.21. The fourth-order valence-electron chi connectivity index (χ4n) is 3.99. The highest BCUT2D eigenvalue weighted by Crippen LogP contribution is 2.28. The lowest BCUT2D eigenvalue weighted by molar-refractivity contribution is 0.0939. The first kappa shape index (κ1) is 24.1. The van der Waals surface area contributed by atoms with Crippen LogP contribution in [0, 0.1) is 6.92 Å². The van der Waals surface area contributed by atoms with Crippen LogP contribution in [0.1, 0.15) is 40.0 Å². The molecule has 0 spiro atoms. The molecule has 2 aromatic carbocycles. The minimum atomic E-state index is -0.256. The summed E-state index contributed by atoms with van der Waals surface area (Å²) in [6.45, 7) is 6.11. The Morgan fingerprint density at radius 3 is 2.54 bits per heavy atom. The molecule has 1 aliphatic heterocycles. The molecule has 8 heteroatoms.